The highest BCUT2D eigenvalue weighted by molar-refractivity contribution is 5.82. The van der Waals surface area contributed by atoms with Crippen molar-refractivity contribution < 1.29 is 15.4 Å². The summed E-state index contributed by atoms with van der Waals surface area (Å²) in [5.74, 6) is -0.460. The van der Waals surface area contributed by atoms with Gasteiger partial charge in [0, 0.05) is 18.4 Å². The number of hydrogen-bond acceptors (Lipinski definition) is 3. The molecule has 0 aliphatic rings. The molecule has 0 aliphatic carbocycles. The molecule has 2 atom stereocenters. The van der Waals surface area contributed by atoms with E-state index in [4.69, 9.17) is 11.2 Å². The topological polar surface area (TPSA) is 63.3 Å². The van der Waals surface area contributed by atoms with Gasteiger partial charge in [-0.25, -0.2) is 0 Å². The van der Waals surface area contributed by atoms with Crippen molar-refractivity contribution in [3.63, 3.8) is 0 Å². The average molecular weight is 330 g/mol. The molecule has 0 heterocycles. The van der Waals surface area contributed by atoms with Crippen molar-refractivity contribution in [1.29, 1.82) is 0 Å². The molecule has 3 N–H and O–H groups in total. The van der Waals surface area contributed by atoms with Crippen molar-refractivity contribution in [3.8, 4) is 0 Å². The van der Waals surface area contributed by atoms with Crippen LogP contribution in [0.5, 0.6) is 0 Å². The Morgan fingerprint density at radius 3 is 2.09 bits per heavy atom. The number of Topliss-reactive ketones (excluding diaryl/α,β-unsaturated/α-hetero) is 1. The number of ketones is 1. The summed E-state index contributed by atoms with van der Waals surface area (Å²) in [6.07, 6.45) is 14.7. The Kier molecular flexibility index (Phi) is 12.2. The molecule has 0 fully saturated rings. The molecule has 0 aromatic heterocycles. The maximum absolute atomic E-state index is 11.5. The Morgan fingerprint density at radius 1 is 1.00 bits per heavy atom. The van der Waals surface area contributed by atoms with Crippen LogP contribution in [0.25, 0.3) is 0 Å². The normalized spacial score (nSPS) is 17.3. The maximum Gasteiger partial charge on any atom is 0.162 e. The zero-order valence-corrected chi connectivity index (χ0v) is 14.6. The quantitative estimate of drug-likeness (QED) is 0.294. The molecule has 136 valence electrons. The lowest BCUT2D eigenvalue weighted by Gasteiger charge is -2.05. The standard InChI is InChI=1S/C20H39NO2/c1-2-3-4-5-6-7-8-9-10-11-12-13-14-15-16-17-19(22)20(23)18-21/h9-10,20,23H,2-8,11-18,21H2,1H3/b10-9-/i1D3,17D. The van der Waals surface area contributed by atoms with Crippen LogP contribution in [0.2, 0.25) is 0 Å². The Labute approximate surface area is 149 Å². The minimum Gasteiger partial charge on any atom is -0.384 e. The number of hydrogen-bond donors (Lipinski definition) is 2. The Balaban J connectivity index is 3.38. The highest BCUT2D eigenvalue weighted by Gasteiger charge is 2.11. The van der Waals surface area contributed by atoms with Crippen LogP contribution in [-0.4, -0.2) is 23.5 Å². The molecule has 23 heavy (non-hydrogen) atoms. The van der Waals surface area contributed by atoms with Crippen LogP contribution < -0.4 is 5.73 Å². The van der Waals surface area contributed by atoms with Crippen LogP contribution >= 0.6 is 0 Å². The fourth-order valence-corrected chi connectivity index (χ4v) is 2.41. The predicted molar refractivity (Wildman–Crippen MR) is 99.5 cm³/mol. The SMILES string of the molecule is [2H]C(CCCCCC/C=C\CCCCCCCC([2H])([2H])[2H])C(=O)C(O)CN. The minimum absolute atomic E-state index is 0.106. The first-order chi connectivity index (χ1) is 12.8. The van der Waals surface area contributed by atoms with E-state index in [2.05, 4.69) is 12.2 Å². The maximum atomic E-state index is 11.5. The summed E-state index contributed by atoms with van der Waals surface area (Å²) in [5.41, 5.74) is 5.23. The second kappa shape index (κ2) is 17.7. The van der Waals surface area contributed by atoms with Gasteiger partial charge in [0.25, 0.3) is 0 Å². The van der Waals surface area contributed by atoms with E-state index < -0.39 is 25.1 Å². The summed E-state index contributed by atoms with van der Waals surface area (Å²) < 4.78 is 29.1. The number of carbonyl (C=O) groups is 1. The van der Waals surface area contributed by atoms with Crippen molar-refractivity contribution in [2.45, 2.75) is 103 Å². The van der Waals surface area contributed by atoms with Gasteiger partial charge in [0.1, 0.15) is 6.10 Å². The first-order valence-corrected chi connectivity index (χ1v) is 9.27. The molecule has 3 nitrogen and oxygen atoms in total. The third kappa shape index (κ3) is 16.0. The average Bonchev–Trinajstić information content (AvgIpc) is 2.62. The molecule has 0 radical (unpaired) electrons. The van der Waals surface area contributed by atoms with E-state index in [0.717, 1.165) is 70.6 Å². The zero-order valence-electron chi connectivity index (χ0n) is 18.6. The lowest BCUT2D eigenvalue weighted by Crippen LogP contribution is -2.28. The molecule has 0 saturated heterocycles. The molecule has 0 aromatic carbocycles. The van der Waals surface area contributed by atoms with Gasteiger partial charge >= 0.3 is 0 Å². The van der Waals surface area contributed by atoms with Gasteiger partial charge in [-0.1, -0.05) is 70.4 Å². The smallest absolute Gasteiger partial charge is 0.162 e. The molecule has 0 bridgehead atoms. The molecule has 0 rings (SSSR count). The van der Waals surface area contributed by atoms with Gasteiger partial charge in [0.05, 0.1) is 0 Å². The molecule has 0 aromatic rings. The Hall–Kier alpha value is -0.670. The summed E-state index contributed by atoms with van der Waals surface area (Å²) in [7, 11) is 0. The second-order valence-electron chi connectivity index (χ2n) is 6.13. The summed E-state index contributed by atoms with van der Waals surface area (Å²) in [4.78, 5) is 11.5. The largest absolute Gasteiger partial charge is 0.384 e. The molecule has 0 saturated carbocycles. The lowest BCUT2D eigenvalue weighted by molar-refractivity contribution is -0.126. The summed E-state index contributed by atoms with van der Waals surface area (Å²) >= 11 is 0. The highest BCUT2D eigenvalue weighted by Crippen LogP contribution is 2.10. The van der Waals surface area contributed by atoms with Crippen LogP contribution in [0, 0.1) is 0 Å². The van der Waals surface area contributed by atoms with E-state index in [1.807, 2.05) is 0 Å². The number of rotatable bonds is 17. The number of unbranched alkanes of at least 4 members (excludes halogenated alkanes) is 9. The third-order valence-electron chi connectivity index (χ3n) is 3.94. The van der Waals surface area contributed by atoms with Gasteiger partial charge in [-0.2, -0.15) is 0 Å². The summed E-state index contributed by atoms with van der Waals surface area (Å²) in [5, 5.41) is 9.32. The number of nitrogens with two attached hydrogens (primary N) is 1. The van der Waals surface area contributed by atoms with Crippen LogP contribution in [0.4, 0.5) is 0 Å². The number of aliphatic hydroxyl groups excluding tert-OH is 1. The number of carbonyl (C=O) groups excluding carboxylic acids is 1. The fraction of sp³-hybridized carbons (Fsp3) is 0.850. The van der Waals surface area contributed by atoms with Gasteiger partial charge in [0.2, 0.25) is 0 Å². The second-order valence-corrected chi connectivity index (χ2v) is 6.13. The molecule has 0 amide bonds. The van der Waals surface area contributed by atoms with Crippen LogP contribution in [0.3, 0.4) is 0 Å². The van der Waals surface area contributed by atoms with Crippen molar-refractivity contribution in [1.82, 2.24) is 0 Å². The Bertz CT molecular complexity index is 400. The predicted octanol–water partition coefficient (Wildman–Crippen LogP) is 4.91. The first kappa shape index (κ1) is 15.8. The third-order valence-corrected chi connectivity index (χ3v) is 3.94. The Morgan fingerprint density at radius 2 is 1.52 bits per heavy atom. The van der Waals surface area contributed by atoms with Crippen molar-refractivity contribution in [2.24, 2.45) is 5.73 Å². The van der Waals surface area contributed by atoms with Gasteiger partial charge in [-0.15, -0.1) is 0 Å². The van der Waals surface area contributed by atoms with E-state index >= 15 is 0 Å². The van der Waals surface area contributed by atoms with Crippen molar-refractivity contribution in [3.05, 3.63) is 12.2 Å². The molecule has 0 spiro atoms. The first-order valence-electron chi connectivity index (χ1n) is 11.3. The van der Waals surface area contributed by atoms with E-state index in [9.17, 15) is 9.90 Å². The van der Waals surface area contributed by atoms with E-state index in [-0.39, 0.29) is 6.54 Å². The van der Waals surface area contributed by atoms with E-state index in [0.29, 0.717) is 12.8 Å². The van der Waals surface area contributed by atoms with Crippen molar-refractivity contribution in [2.75, 3.05) is 6.54 Å². The highest BCUT2D eigenvalue weighted by atomic mass is 16.3. The molecular weight excluding hydrogens is 286 g/mol. The molecular formula is C20H39NO2. The van der Waals surface area contributed by atoms with Crippen LogP contribution in [0.15, 0.2) is 12.2 Å². The van der Waals surface area contributed by atoms with E-state index in [1.165, 1.54) is 0 Å². The van der Waals surface area contributed by atoms with Crippen LogP contribution in [0.1, 0.15) is 102 Å². The van der Waals surface area contributed by atoms with Gasteiger partial charge < -0.3 is 10.8 Å². The number of allylic oxidation sites excluding steroid dienone is 2. The van der Waals surface area contributed by atoms with E-state index in [1.54, 1.807) is 0 Å². The van der Waals surface area contributed by atoms with Gasteiger partial charge in [-0.05, 0) is 32.1 Å². The minimum atomic E-state index is -1.77. The lowest BCUT2D eigenvalue weighted by atomic mass is 10.0. The fourth-order valence-electron chi connectivity index (χ4n) is 2.41. The van der Waals surface area contributed by atoms with Crippen molar-refractivity contribution >= 4 is 5.78 Å². The molecule has 0 aliphatic heterocycles. The van der Waals surface area contributed by atoms with Crippen LogP contribution in [-0.2, 0) is 4.79 Å². The summed E-state index contributed by atoms with van der Waals surface area (Å²) in [6.45, 7) is -1.87. The molecule has 2 unspecified atom stereocenters. The number of aliphatic hydroxyl groups is 1. The zero-order chi connectivity index (χ0) is 20.5. The van der Waals surface area contributed by atoms with Gasteiger partial charge in [0.15, 0.2) is 5.78 Å². The summed E-state index contributed by atoms with van der Waals surface area (Å²) in [6, 6.07) is 0. The molecule has 3 heteroatoms. The monoisotopic (exact) mass is 329 g/mol. The van der Waals surface area contributed by atoms with Gasteiger partial charge in [-0.3, -0.25) is 4.79 Å².